The van der Waals surface area contributed by atoms with Crippen LogP contribution in [0.1, 0.15) is 17.2 Å². The van der Waals surface area contributed by atoms with Crippen LogP contribution < -0.4 is 4.74 Å². The predicted octanol–water partition coefficient (Wildman–Crippen LogP) is 2.64. The minimum absolute atomic E-state index is 0.0269. The molecule has 0 saturated carbocycles. The van der Waals surface area contributed by atoms with Crippen LogP contribution in [0.3, 0.4) is 0 Å². The van der Waals surface area contributed by atoms with Crippen LogP contribution in [-0.4, -0.2) is 67.0 Å². The molecule has 0 aliphatic carbocycles. The Balaban J connectivity index is 1.23. The van der Waals surface area contributed by atoms with Gasteiger partial charge in [0.05, 0.1) is 12.5 Å². The van der Waals surface area contributed by atoms with Crippen molar-refractivity contribution >= 4 is 5.91 Å². The number of likely N-dealkylation sites (tertiary alicyclic amines) is 1. The van der Waals surface area contributed by atoms with Crippen molar-refractivity contribution in [3.05, 3.63) is 65.7 Å². The fourth-order valence-electron chi connectivity index (χ4n) is 5.29. The van der Waals surface area contributed by atoms with Gasteiger partial charge in [0.2, 0.25) is 5.91 Å². The molecule has 152 valence electrons. The van der Waals surface area contributed by atoms with Crippen LogP contribution in [0.5, 0.6) is 5.75 Å². The van der Waals surface area contributed by atoms with E-state index in [0.717, 1.165) is 45.0 Å². The van der Waals surface area contributed by atoms with Crippen LogP contribution in [0.15, 0.2) is 54.6 Å². The smallest absolute Gasteiger partial charge is 0.227 e. The third kappa shape index (κ3) is 3.53. The molecule has 3 aliphatic heterocycles. The van der Waals surface area contributed by atoms with E-state index < -0.39 is 0 Å². The van der Waals surface area contributed by atoms with Crippen LogP contribution in [0.4, 0.5) is 0 Å². The molecule has 5 heteroatoms. The maximum Gasteiger partial charge on any atom is 0.227 e. The molecule has 3 atom stereocenters. The van der Waals surface area contributed by atoms with E-state index in [4.69, 9.17) is 4.74 Å². The van der Waals surface area contributed by atoms with Crippen molar-refractivity contribution in [1.29, 1.82) is 0 Å². The summed E-state index contributed by atoms with van der Waals surface area (Å²) >= 11 is 0. The Bertz CT molecular complexity index is 863. The first-order valence-corrected chi connectivity index (χ1v) is 10.7. The standard InChI is InChI=1S/C24H29N3O2/c1-25-16-20(21-17-29-22-10-6-5-9-19(22)23(21)25)24(28)27-13-11-26(12-14-27)15-18-7-3-2-4-8-18/h2-10,20-21,23H,11-17H2,1H3/t20-,21+,23+/m1/s1. The Morgan fingerprint density at radius 2 is 1.72 bits per heavy atom. The van der Waals surface area contributed by atoms with Gasteiger partial charge in [-0.2, -0.15) is 0 Å². The normalized spacial score (nSPS) is 27.2. The van der Waals surface area contributed by atoms with E-state index in [2.05, 4.69) is 64.2 Å². The van der Waals surface area contributed by atoms with Gasteiger partial charge in [-0.3, -0.25) is 14.6 Å². The number of carbonyl (C=O) groups is 1. The second kappa shape index (κ2) is 7.81. The zero-order chi connectivity index (χ0) is 19.8. The van der Waals surface area contributed by atoms with Gasteiger partial charge in [0.25, 0.3) is 0 Å². The number of benzene rings is 2. The third-order valence-corrected chi connectivity index (χ3v) is 6.80. The molecule has 3 heterocycles. The van der Waals surface area contributed by atoms with Crippen molar-refractivity contribution in [2.45, 2.75) is 12.6 Å². The van der Waals surface area contributed by atoms with Crippen molar-refractivity contribution in [2.75, 3.05) is 46.4 Å². The van der Waals surface area contributed by atoms with Gasteiger partial charge in [-0.05, 0) is 18.7 Å². The highest BCUT2D eigenvalue weighted by molar-refractivity contribution is 5.80. The molecule has 5 nitrogen and oxygen atoms in total. The Hall–Kier alpha value is -2.37. The van der Waals surface area contributed by atoms with E-state index in [1.165, 1.54) is 11.1 Å². The van der Waals surface area contributed by atoms with Gasteiger partial charge >= 0.3 is 0 Å². The average Bonchev–Trinajstić information content (AvgIpc) is 3.11. The number of amides is 1. The van der Waals surface area contributed by atoms with Crippen LogP contribution in [0.25, 0.3) is 0 Å². The Morgan fingerprint density at radius 1 is 1.00 bits per heavy atom. The maximum atomic E-state index is 13.4. The third-order valence-electron chi connectivity index (χ3n) is 6.80. The van der Waals surface area contributed by atoms with Crippen molar-refractivity contribution in [3.8, 4) is 5.75 Å². The van der Waals surface area contributed by atoms with Crippen LogP contribution >= 0.6 is 0 Å². The van der Waals surface area contributed by atoms with Crippen molar-refractivity contribution in [2.24, 2.45) is 11.8 Å². The lowest BCUT2D eigenvalue weighted by Gasteiger charge is -2.37. The monoisotopic (exact) mass is 391 g/mol. The molecule has 2 fully saturated rings. The summed E-state index contributed by atoms with van der Waals surface area (Å²) in [6.07, 6.45) is 0. The summed E-state index contributed by atoms with van der Waals surface area (Å²) in [5, 5.41) is 0. The molecule has 2 saturated heterocycles. The molecule has 5 rings (SSSR count). The molecule has 3 aliphatic rings. The second-order valence-corrected chi connectivity index (χ2v) is 8.59. The first-order chi connectivity index (χ1) is 14.2. The minimum atomic E-state index is 0.0269. The summed E-state index contributed by atoms with van der Waals surface area (Å²) in [5.41, 5.74) is 2.57. The number of hydrogen-bond acceptors (Lipinski definition) is 4. The number of nitrogens with zero attached hydrogens (tertiary/aromatic N) is 3. The summed E-state index contributed by atoms with van der Waals surface area (Å²) in [7, 11) is 2.14. The SMILES string of the molecule is CN1C[C@@H](C(=O)N2CCN(Cc3ccccc3)CC2)[C@@H]2COc3ccccc3[C@@H]21. The van der Waals surface area contributed by atoms with Gasteiger partial charge in [-0.1, -0.05) is 48.5 Å². The summed E-state index contributed by atoms with van der Waals surface area (Å²) in [6.45, 7) is 5.94. The topological polar surface area (TPSA) is 36.0 Å². The fourth-order valence-corrected chi connectivity index (χ4v) is 5.29. The molecule has 2 aromatic carbocycles. The maximum absolute atomic E-state index is 13.4. The molecule has 2 aromatic rings. The highest BCUT2D eigenvalue weighted by Crippen LogP contribution is 2.46. The molecule has 0 spiro atoms. The van der Waals surface area contributed by atoms with E-state index in [0.29, 0.717) is 12.5 Å². The van der Waals surface area contributed by atoms with Crippen molar-refractivity contribution in [3.63, 3.8) is 0 Å². The van der Waals surface area contributed by atoms with Gasteiger partial charge in [-0.25, -0.2) is 0 Å². The Morgan fingerprint density at radius 3 is 2.52 bits per heavy atom. The summed E-state index contributed by atoms with van der Waals surface area (Å²) in [5.74, 6) is 1.55. The molecule has 0 unspecified atom stereocenters. The van der Waals surface area contributed by atoms with Gasteiger partial charge in [0, 0.05) is 56.8 Å². The predicted molar refractivity (Wildman–Crippen MR) is 113 cm³/mol. The van der Waals surface area contributed by atoms with Crippen LogP contribution in [0.2, 0.25) is 0 Å². The van der Waals surface area contributed by atoms with Gasteiger partial charge in [0.15, 0.2) is 0 Å². The number of piperazine rings is 1. The zero-order valence-electron chi connectivity index (χ0n) is 17.0. The van der Waals surface area contributed by atoms with Crippen LogP contribution in [0, 0.1) is 11.8 Å². The second-order valence-electron chi connectivity index (χ2n) is 8.59. The highest BCUT2D eigenvalue weighted by atomic mass is 16.5. The first-order valence-electron chi connectivity index (χ1n) is 10.7. The van der Waals surface area contributed by atoms with Gasteiger partial charge in [0.1, 0.15) is 5.75 Å². The van der Waals surface area contributed by atoms with Crippen molar-refractivity contribution in [1.82, 2.24) is 14.7 Å². The number of ether oxygens (including phenoxy) is 1. The van der Waals surface area contributed by atoms with E-state index in [9.17, 15) is 4.79 Å². The van der Waals surface area contributed by atoms with E-state index in [1.807, 2.05) is 12.1 Å². The highest BCUT2D eigenvalue weighted by Gasteiger charge is 2.48. The molecular weight excluding hydrogens is 362 g/mol. The first kappa shape index (κ1) is 18.6. The number of rotatable bonds is 3. The van der Waals surface area contributed by atoms with Gasteiger partial charge in [-0.15, -0.1) is 0 Å². The van der Waals surface area contributed by atoms with Crippen molar-refractivity contribution < 1.29 is 9.53 Å². The molecule has 0 radical (unpaired) electrons. The number of para-hydroxylation sites is 1. The Kier molecular flexibility index (Phi) is 5.02. The summed E-state index contributed by atoms with van der Waals surface area (Å²) < 4.78 is 6.03. The lowest BCUT2D eigenvalue weighted by Crippen LogP contribution is -2.51. The molecule has 0 aromatic heterocycles. The molecular formula is C24H29N3O2. The quantitative estimate of drug-likeness (QED) is 0.806. The molecule has 0 N–H and O–H groups in total. The minimum Gasteiger partial charge on any atom is -0.493 e. The number of carbonyl (C=O) groups excluding carboxylic acids is 1. The molecule has 0 bridgehead atoms. The van der Waals surface area contributed by atoms with Crippen LogP contribution in [-0.2, 0) is 11.3 Å². The van der Waals surface area contributed by atoms with E-state index in [-0.39, 0.29) is 17.9 Å². The number of fused-ring (bicyclic) bond motifs is 3. The van der Waals surface area contributed by atoms with E-state index >= 15 is 0 Å². The molecule has 1 amide bonds. The van der Waals surface area contributed by atoms with Gasteiger partial charge < -0.3 is 9.64 Å². The number of hydrogen-bond donors (Lipinski definition) is 0. The summed E-state index contributed by atoms with van der Waals surface area (Å²) in [4.78, 5) is 20.3. The summed E-state index contributed by atoms with van der Waals surface area (Å²) in [6, 6.07) is 19.1. The van der Waals surface area contributed by atoms with E-state index in [1.54, 1.807) is 0 Å². The largest absolute Gasteiger partial charge is 0.493 e. The lowest BCUT2D eigenvalue weighted by atomic mass is 9.84. The Labute approximate surface area is 172 Å². The lowest BCUT2D eigenvalue weighted by molar-refractivity contribution is -0.138. The zero-order valence-corrected chi connectivity index (χ0v) is 17.0. The fraction of sp³-hybridized carbons (Fsp3) is 0.458. The molecule has 29 heavy (non-hydrogen) atoms. The average molecular weight is 392 g/mol.